The maximum absolute atomic E-state index is 12.9. The number of aromatic nitrogens is 3. The van der Waals surface area contributed by atoms with Gasteiger partial charge in [-0.2, -0.15) is 18.3 Å². The van der Waals surface area contributed by atoms with Crippen LogP contribution in [0.25, 0.3) is 16.9 Å². The normalized spacial score (nSPS) is 12.0. The number of alkyl halides is 3. The Labute approximate surface area is 120 Å². The third kappa shape index (κ3) is 2.52. The second-order valence-corrected chi connectivity index (χ2v) is 4.79. The van der Waals surface area contributed by atoms with Gasteiger partial charge in [0.05, 0.1) is 5.69 Å². The lowest BCUT2D eigenvalue weighted by Crippen LogP contribution is -2.19. The quantitative estimate of drug-likeness (QED) is 0.749. The molecule has 21 heavy (non-hydrogen) atoms. The Bertz CT molecular complexity index is 865. The molecule has 0 aliphatic carbocycles. The molecule has 3 aromatic rings. The van der Waals surface area contributed by atoms with Crippen LogP contribution in [0.3, 0.4) is 0 Å². The number of halogens is 4. The molecule has 1 aromatic carbocycles. The van der Waals surface area contributed by atoms with E-state index in [-0.39, 0.29) is 5.65 Å². The van der Waals surface area contributed by atoms with E-state index in [1.54, 1.807) is 24.3 Å². The van der Waals surface area contributed by atoms with Crippen molar-refractivity contribution in [3.05, 3.63) is 57.5 Å². The number of benzene rings is 1. The summed E-state index contributed by atoms with van der Waals surface area (Å²) < 4.78 is 39.5. The van der Waals surface area contributed by atoms with Crippen LogP contribution < -0.4 is 5.56 Å². The number of aromatic amines is 1. The van der Waals surface area contributed by atoms with E-state index in [9.17, 15) is 18.0 Å². The number of hydrogen-bond donors (Lipinski definition) is 1. The van der Waals surface area contributed by atoms with E-state index in [4.69, 9.17) is 11.6 Å². The van der Waals surface area contributed by atoms with Gasteiger partial charge in [-0.15, -0.1) is 0 Å². The zero-order chi connectivity index (χ0) is 15.2. The van der Waals surface area contributed by atoms with Crippen molar-refractivity contribution in [1.29, 1.82) is 0 Å². The van der Waals surface area contributed by atoms with Crippen molar-refractivity contribution in [2.75, 3.05) is 0 Å². The first kappa shape index (κ1) is 13.7. The van der Waals surface area contributed by atoms with E-state index in [2.05, 4.69) is 10.1 Å². The second kappa shape index (κ2) is 4.63. The molecule has 0 radical (unpaired) electrons. The summed E-state index contributed by atoms with van der Waals surface area (Å²) >= 11 is 5.76. The highest BCUT2D eigenvalue weighted by Gasteiger charge is 2.35. The van der Waals surface area contributed by atoms with Crippen molar-refractivity contribution in [1.82, 2.24) is 14.6 Å². The van der Waals surface area contributed by atoms with E-state index in [1.807, 2.05) is 0 Å². The lowest BCUT2D eigenvalue weighted by molar-refractivity contribution is -0.142. The van der Waals surface area contributed by atoms with Gasteiger partial charge in [-0.25, -0.2) is 4.52 Å². The summed E-state index contributed by atoms with van der Waals surface area (Å²) in [6, 6.07) is 8.33. The van der Waals surface area contributed by atoms with Crippen molar-refractivity contribution in [2.24, 2.45) is 0 Å². The molecule has 8 heteroatoms. The Balaban J connectivity index is 2.25. The highest BCUT2D eigenvalue weighted by Crippen LogP contribution is 2.29. The minimum atomic E-state index is -4.67. The molecule has 108 valence electrons. The van der Waals surface area contributed by atoms with Crippen LogP contribution in [0, 0.1) is 0 Å². The Hall–Kier alpha value is -2.28. The van der Waals surface area contributed by atoms with Gasteiger partial charge in [0.15, 0.2) is 5.69 Å². The van der Waals surface area contributed by atoms with Crippen LogP contribution in [0.5, 0.6) is 0 Å². The third-order valence-corrected chi connectivity index (χ3v) is 3.14. The predicted molar refractivity (Wildman–Crippen MR) is 71.3 cm³/mol. The predicted octanol–water partition coefficient (Wildman–Crippen LogP) is 3.36. The van der Waals surface area contributed by atoms with Crippen molar-refractivity contribution in [3.8, 4) is 11.3 Å². The van der Waals surface area contributed by atoms with Gasteiger partial charge in [-0.3, -0.25) is 4.79 Å². The summed E-state index contributed by atoms with van der Waals surface area (Å²) in [5.74, 6) is 0. The summed E-state index contributed by atoms with van der Waals surface area (Å²) in [7, 11) is 0. The molecule has 0 aliphatic rings. The van der Waals surface area contributed by atoms with Gasteiger partial charge < -0.3 is 4.98 Å². The maximum atomic E-state index is 12.9. The van der Waals surface area contributed by atoms with E-state index < -0.39 is 17.4 Å². The summed E-state index contributed by atoms with van der Waals surface area (Å²) in [4.78, 5) is 13.6. The fourth-order valence-electron chi connectivity index (χ4n) is 1.97. The van der Waals surface area contributed by atoms with Gasteiger partial charge in [-0.1, -0.05) is 23.7 Å². The Morgan fingerprint density at radius 3 is 2.43 bits per heavy atom. The lowest BCUT2D eigenvalue weighted by Gasteiger charge is -2.07. The van der Waals surface area contributed by atoms with E-state index in [0.717, 1.165) is 0 Å². The van der Waals surface area contributed by atoms with Gasteiger partial charge in [0.1, 0.15) is 5.65 Å². The molecule has 4 nitrogen and oxygen atoms in total. The molecular formula is C13H7ClF3N3O. The molecule has 0 bridgehead atoms. The van der Waals surface area contributed by atoms with E-state index in [1.165, 1.54) is 6.07 Å². The number of nitrogens with one attached hydrogen (secondary N) is 1. The number of H-pyrrole nitrogens is 1. The molecule has 0 saturated heterocycles. The molecule has 0 amide bonds. The van der Waals surface area contributed by atoms with Crippen LogP contribution in [-0.2, 0) is 6.18 Å². The van der Waals surface area contributed by atoms with Crippen LogP contribution in [0.2, 0.25) is 5.02 Å². The van der Waals surface area contributed by atoms with Gasteiger partial charge in [0.25, 0.3) is 5.56 Å². The SMILES string of the molecule is O=c1cc(C(F)(F)F)n2nc(-c3ccc(Cl)cc3)cc2[nH]1. The lowest BCUT2D eigenvalue weighted by atomic mass is 10.2. The first-order chi connectivity index (χ1) is 9.84. The number of hydrogen-bond acceptors (Lipinski definition) is 2. The average Bonchev–Trinajstić information content (AvgIpc) is 2.80. The molecule has 3 rings (SSSR count). The van der Waals surface area contributed by atoms with Crippen molar-refractivity contribution in [3.63, 3.8) is 0 Å². The summed E-state index contributed by atoms with van der Waals surface area (Å²) in [5.41, 5.74) is -1.09. The second-order valence-electron chi connectivity index (χ2n) is 4.35. The van der Waals surface area contributed by atoms with Crippen LogP contribution in [0.1, 0.15) is 5.69 Å². The van der Waals surface area contributed by atoms with Crippen LogP contribution >= 0.6 is 11.6 Å². The largest absolute Gasteiger partial charge is 0.433 e. The molecule has 1 N–H and O–H groups in total. The van der Waals surface area contributed by atoms with E-state index in [0.29, 0.717) is 26.9 Å². The topological polar surface area (TPSA) is 50.2 Å². The van der Waals surface area contributed by atoms with Crippen LogP contribution in [-0.4, -0.2) is 14.6 Å². The minimum absolute atomic E-state index is 0.0280. The fourth-order valence-corrected chi connectivity index (χ4v) is 2.09. The summed E-state index contributed by atoms with van der Waals surface area (Å²) in [5, 5.41) is 4.41. The molecule has 0 saturated carbocycles. The fraction of sp³-hybridized carbons (Fsp3) is 0.0769. The Kier molecular flexibility index (Phi) is 3.02. The Morgan fingerprint density at radius 1 is 1.14 bits per heavy atom. The van der Waals surface area contributed by atoms with Gasteiger partial charge in [0.2, 0.25) is 0 Å². The minimum Gasteiger partial charge on any atom is -0.307 e. The van der Waals surface area contributed by atoms with Crippen LogP contribution in [0.4, 0.5) is 13.2 Å². The molecule has 0 fully saturated rings. The van der Waals surface area contributed by atoms with Crippen LogP contribution in [0.15, 0.2) is 41.2 Å². The molecule has 2 heterocycles. The van der Waals surface area contributed by atoms with Crippen molar-refractivity contribution >= 4 is 17.2 Å². The van der Waals surface area contributed by atoms with Gasteiger partial charge in [-0.05, 0) is 12.1 Å². The summed E-state index contributed by atoms with van der Waals surface area (Å²) in [6.07, 6.45) is -4.67. The molecule has 2 aromatic heterocycles. The standard InChI is InChI=1S/C13H7ClF3N3O/c14-8-3-1-7(2-4-8)9-5-11-18-12(21)6-10(13(15,16)17)20(11)19-9/h1-6H,(H,18,21). The number of fused-ring (bicyclic) bond motifs is 1. The monoisotopic (exact) mass is 313 g/mol. The first-order valence-corrected chi connectivity index (χ1v) is 6.18. The van der Waals surface area contributed by atoms with Crippen molar-refractivity contribution < 1.29 is 13.2 Å². The third-order valence-electron chi connectivity index (χ3n) is 2.89. The summed E-state index contributed by atoms with van der Waals surface area (Å²) in [6.45, 7) is 0. The maximum Gasteiger partial charge on any atom is 0.433 e. The smallest absolute Gasteiger partial charge is 0.307 e. The van der Waals surface area contributed by atoms with Gasteiger partial charge in [0, 0.05) is 22.7 Å². The zero-order valence-corrected chi connectivity index (χ0v) is 11.0. The average molecular weight is 314 g/mol. The number of nitrogens with zero attached hydrogens (tertiary/aromatic N) is 2. The zero-order valence-electron chi connectivity index (χ0n) is 10.3. The Morgan fingerprint density at radius 2 is 1.81 bits per heavy atom. The highest BCUT2D eigenvalue weighted by atomic mass is 35.5. The van der Waals surface area contributed by atoms with Gasteiger partial charge >= 0.3 is 6.18 Å². The molecule has 0 atom stereocenters. The van der Waals surface area contributed by atoms with Crippen molar-refractivity contribution in [2.45, 2.75) is 6.18 Å². The molecule has 0 unspecified atom stereocenters. The number of rotatable bonds is 1. The molecule has 0 aliphatic heterocycles. The highest BCUT2D eigenvalue weighted by molar-refractivity contribution is 6.30. The van der Waals surface area contributed by atoms with E-state index >= 15 is 0 Å². The molecular weight excluding hydrogens is 307 g/mol. The molecule has 0 spiro atoms. The first-order valence-electron chi connectivity index (χ1n) is 5.81.